The first-order valence-electron chi connectivity index (χ1n) is 14.5. The van der Waals surface area contributed by atoms with Crippen molar-refractivity contribution in [3.05, 3.63) is 82.0 Å². The molecule has 2 N–H and O–H groups in total. The molecule has 216 valence electrons. The van der Waals surface area contributed by atoms with Crippen molar-refractivity contribution in [1.29, 1.82) is 0 Å². The van der Waals surface area contributed by atoms with Crippen LogP contribution in [0.25, 0.3) is 11.0 Å². The van der Waals surface area contributed by atoms with Gasteiger partial charge in [0.15, 0.2) is 5.78 Å². The van der Waals surface area contributed by atoms with E-state index in [1.54, 1.807) is 28.6 Å². The topological polar surface area (TPSA) is 92.1 Å². The second kappa shape index (κ2) is 10.2. The standard InChI is InChI=1S/C32H33FN6O2S/c1-18-16-34-12-13-38(18)25-11-10-21(15-24(25)33)36-31-35-17-20-14-23(19-8-9-19)30(41)39(29(20)37-31)28-27(40)22-6-4-5-7-26(22)42-32(28,2)3/h4-7,10-11,14-15,17-19,28,34H,8-9,12-13,16H2,1-3H3,(H,35,36,37). The zero-order valence-electron chi connectivity index (χ0n) is 23.9. The highest BCUT2D eigenvalue weighted by molar-refractivity contribution is 8.00. The van der Waals surface area contributed by atoms with Gasteiger partial charge in [-0.2, -0.15) is 4.98 Å². The zero-order chi connectivity index (χ0) is 29.2. The van der Waals surface area contributed by atoms with Crippen LogP contribution in [0, 0.1) is 5.82 Å². The number of thioether (sulfide) groups is 1. The molecule has 4 aromatic rings. The second-order valence-electron chi connectivity index (χ2n) is 12.0. The molecule has 0 bridgehead atoms. The number of hydrogen-bond donors (Lipinski definition) is 2. The Labute approximate surface area is 247 Å². The summed E-state index contributed by atoms with van der Waals surface area (Å²) in [6, 6.07) is 13.9. The van der Waals surface area contributed by atoms with E-state index in [1.807, 2.05) is 50.2 Å². The fourth-order valence-corrected chi connectivity index (χ4v) is 7.58. The molecule has 8 nitrogen and oxygen atoms in total. The van der Waals surface area contributed by atoms with Gasteiger partial charge in [0.05, 0.1) is 5.69 Å². The van der Waals surface area contributed by atoms with Crippen LogP contribution < -0.4 is 21.1 Å². The smallest absolute Gasteiger partial charge is 0.256 e. The lowest BCUT2D eigenvalue weighted by Gasteiger charge is -2.39. The third-order valence-corrected chi connectivity index (χ3v) is 9.85. The lowest BCUT2D eigenvalue weighted by atomic mass is 9.92. The lowest BCUT2D eigenvalue weighted by molar-refractivity contribution is 0.0897. The number of anilines is 3. The van der Waals surface area contributed by atoms with Crippen LogP contribution in [0.2, 0.25) is 0 Å². The number of nitrogens with one attached hydrogen (secondary N) is 2. The Hall–Kier alpha value is -3.76. The third-order valence-electron chi connectivity index (χ3n) is 8.52. The quantitative estimate of drug-likeness (QED) is 0.311. The number of fused-ring (bicyclic) bond motifs is 2. The minimum atomic E-state index is -0.758. The van der Waals surface area contributed by atoms with Crippen LogP contribution in [0.5, 0.6) is 0 Å². The maximum atomic E-state index is 15.3. The van der Waals surface area contributed by atoms with Crippen molar-refractivity contribution >= 4 is 45.9 Å². The summed E-state index contributed by atoms with van der Waals surface area (Å²) in [5.41, 5.74) is 2.60. The van der Waals surface area contributed by atoms with Crippen molar-refractivity contribution in [2.24, 2.45) is 0 Å². The molecule has 1 aliphatic carbocycles. The molecule has 10 heteroatoms. The van der Waals surface area contributed by atoms with Crippen LogP contribution >= 0.6 is 11.8 Å². The number of halogens is 1. The fraction of sp³-hybridized carbons (Fsp3) is 0.375. The van der Waals surface area contributed by atoms with Gasteiger partial charge in [0.25, 0.3) is 5.56 Å². The Morgan fingerprint density at radius 2 is 1.93 bits per heavy atom. The molecule has 4 heterocycles. The molecule has 1 saturated heterocycles. The summed E-state index contributed by atoms with van der Waals surface area (Å²) >= 11 is 1.60. The molecule has 42 heavy (non-hydrogen) atoms. The SMILES string of the molecule is CC1CNCCN1c1ccc(Nc2ncc3cc(C4CC4)c(=O)n(C4C(=O)c5ccccc5SC4(C)C)c3n2)cc1F. The highest BCUT2D eigenvalue weighted by Crippen LogP contribution is 2.49. The number of benzene rings is 2. The summed E-state index contributed by atoms with van der Waals surface area (Å²) in [4.78, 5) is 40.4. The fourth-order valence-electron chi connectivity index (χ4n) is 6.26. The van der Waals surface area contributed by atoms with E-state index in [2.05, 4.69) is 27.4 Å². The minimum Gasteiger partial charge on any atom is -0.364 e. The van der Waals surface area contributed by atoms with Gasteiger partial charge in [-0.05, 0) is 69.9 Å². The van der Waals surface area contributed by atoms with Crippen LogP contribution in [0.4, 0.5) is 21.7 Å². The molecule has 1 saturated carbocycles. The maximum Gasteiger partial charge on any atom is 0.256 e. The van der Waals surface area contributed by atoms with Gasteiger partial charge < -0.3 is 15.5 Å². The van der Waals surface area contributed by atoms with E-state index < -0.39 is 10.8 Å². The van der Waals surface area contributed by atoms with E-state index in [0.29, 0.717) is 33.5 Å². The average Bonchev–Trinajstić information content (AvgIpc) is 3.80. The number of carbonyl (C=O) groups is 1. The molecule has 0 radical (unpaired) electrons. The van der Waals surface area contributed by atoms with E-state index in [-0.39, 0.29) is 35.1 Å². The van der Waals surface area contributed by atoms with Crippen molar-refractivity contribution in [2.45, 2.75) is 61.3 Å². The predicted octanol–water partition coefficient (Wildman–Crippen LogP) is 5.66. The molecule has 2 aliphatic heterocycles. The highest BCUT2D eigenvalue weighted by atomic mass is 32.2. The third kappa shape index (κ3) is 4.66. The van der Waals surface area contributed by atoms with Crippen LogP contribution in [0.1, 0.15) is 61.5 Å². The van der Waals surface area contributed by atoms with Gasteiger partial charge >= 0.3 is 0 Å². The summed E-state index contributed by atoms with van der Waals surface area (Å²) < 4.78 is 16.3. The van der Waals surface area contributed by atoms with Crippen LogP contribution in [-0.4, -0.2) is 50.7 Å². The normalized spacial score (nSPS) is 21.8. The predicted molar refractivity (Wildman–Crippen MR) is 165 cm³/mol. The first-order valence-corrected chi connectivity index (χ1v) is 15.3. The molecule has 0 spiro atoms. The van der Waals surface area contributed by atoms with Gasteiger partial charge in [0, 0.05) is 63.7 Å². The van der Waals surface area contributed by atoms with E-state index in [9.17, 15) is 9.59 Å². The molecule has 0 amide bonds. The summed E-state index contributed by atoms with van der Waals surface area (Å²) in [5.74, 6) is -0.0106. The monoisotopic (exact) mass is 584 g/mol. The average molecular weight is 585 g/mol. The van der Waals surface area contributed by atoms with Crippen LogP contribution in [-0.2, 0) is 0 Å². The molecule has 2 aromatic heterocycles. The van der Waals surface area contributed by atoms with Gasteiger partial charge in [-0.25, -0.2) is 9.37 Å². The number of carbonyl (C=O) groups excluding carboxylic acids is 1. The van der Waals surface area contributed by atoms with Crippen molar-refractivity contribution in [1.82, 2.24) is 19.9 Å². The van der Waals surface area contributed by atoms with E-state index in [1.165, 1.54) is 6.07 Å². The van der Waals surface area contributed by atoms with Gasteiger partial charge in [-0.1, -0.05) is 18.2 Å². The number of hydrogen-bond acceptors (Lipinski definition) is 8. The van der Waals surface area contributed by atoms with E-state index in [4.69, 9.17) is 4.98 Å². The molecule has 3 aliphatic rings. The molecule has 2 aromatic carbocycles. The summed E-state index contributed by atoms with van der Waals surface area (Å²) in [6.07, 6.45) is 3.59. The Kier molecular flexibility index (Phi) is 6.58. The molecule has 2 unspecified atom stereocenters. The summed E-state index contributed by atoms with van der Waals surface area (Å²) in [5, 5.41) is 7.15. The van der Waals surface area contributed by atoms with Crippen molar-refractivity contribution in [3.8, 4) is 0 Å². The summed E-state index contributed by atoms with van der Waals surface area (Å²) in [7, 11) is 0. The Balaban J connectivity index is 1.30. The zero-order valence-corrected chi connectivity index (χ0v) is 24.7. The van der Waals surface area contributed by atoms with Crippen LogP contribution in [0.15, 0.2) is 64.4 Å². The number of piperazine rings is 1. The minimum absolute atomic E-state index is 0.0985. The number of pyridine rings is 1. The lowest BCUT2D eigenvalue weighted by Crippen LogP contribution is -2.50. The van der Waals surface area contributed by atoms with Crippen LogP contribution in [0.3, 0.4) is 0 Å². The number of ketones is 1. The molecule has 2 atom stereocenters. The van der Waals surface area contributed by atoms with Gasteiger partial charge in [0.2, 0.25) is 5.95 Å². The van der Waals surface area contributed by atoms with Gasteiger partial charge in [0.1, 0.15) is 17.5 Å². The first kappa shape index (κ1) is 27.1. The Bertz CT molecular complexity index is 1790. The molecular formula is C32H33FN6O2S. The number of rotatable bonds is 5. The summed E-state index contributed by atoms with van der Waals surface area (Å²) in [6.45, 7) is 8.43. The molecular weight excluding hydrogens is 551 g/mol. The Morgan fingerprint density at radius 1 is 1.12 bits per heavy atom. The Morgan fingerprint density at radius 3 is 2.69 bits per heavy atom. The number of aromatic nitrogens is 3. The maximum absolute atomic E-state index is 15.3. The van der Waals surface area contributed by atoms with Crippen molar-refractivity contribution in [3.63, 3.8) is 0 Å². The first-order chi connectivity index (χ1) is 20.2. The molecule has 2 fully saturated rings. The largest absolute Gasteiger partial charge is 0.364 e. The van der Waals surface area contributed by atoms with Crippen molar-refractivity contribution < 1.29 is 9.18 Å². The van der Waals surface area contributed by atoms with Gasteiger partial charge in [-0.15, -0.1) is 11.8 Å². The van der Waals surface area contributed by atoms with E-state index >= 15 is 4.39 Å². The second-order valence-corrected chi connectivity index (χ2v) is 13.7. The van der Waals surface area contributed by atoms with Crippen molar-refractivity contribution in [2.75, 3.05) is 29.9 Å². The van der Waals surface area contributed by atoms with Gasteiger partial charge in [-0.3, -0.25) is 14.2 Å². The number of Topliss-reactive ketones (excluding diaryl/α,β-unsaturated/α-hetero) is 1. The highest BCUT2D eigenvalue weighted by Gasteiger charge is 2.45. The number of nitrogens with zero attached hydrogens (tertiary/aromatic N) is 4. The molecule has 7 rings (SSSR count). The van der Waals surface area contributed by atoms with E-state index in [0.717, 1.165) is 37.4 Å².